The van der Waals surface area contributed by atoms with Crippen LogP contribution in [0.25, 0.3) is 0 Å². The maximum absolute atomic E-state index is 4.53. The first kappa shape index (κ1) is 15.4. The third kappa shape index (κ3) is 4.00. The molecule has 1 saturated carbocycles. The first-order chi connectivity index (χ1) is 9.58. The van der Waals surface area contributed by atoms with Gasteiger partial charge in [0.2, 0.25) is 5.95 Å². The van der Waals surface area contributed by atoms with Gasteiger partial charge in [-0.1, -0.05) is 47.0 Å². The molecule has 1 aliphatic carbocycles. The van der Waals surface area contributed by atoms with Gasteiger partial charge in [0.1, 0.15) is 0 Å². The molecule has 0 amide bonds. The molecule has 0 radical (unpaired) electrons. The first-order valence-electron chi connectivity index (χ1n) is 8.35. The molecule has 114 valence electrons. The number of hydrogen-bond donors (Lipinski definition) is 1. The van der Waals surface area contributed by atoms with Crippen LogP contribution in [0.15, 0.2) is 12.4 Å². The van der Waals surface area contributed by atoms with Crippen molar-refractivity contribution >= 4 is 5.95 Å². The molecule has 1 aromatic heterocycles. The maximum Gasteiger partial charge on any atom is 0.202 e. The summed E-state index contributed by atoms with van der Waals surface area (Å²) in [6, 6.07) is 0.626. The van der Waals surface area contributed by atoms with Crippen LogP contribution in [0.3, 0.4) is 0 Å². The second-order valence-corrected chi connectivity index (χ2v) is 7.03. The lowest BCUT2D eigenvalue weighted by molar-refractivity contribution is 0.252. The van der Waals surface area contributed by atoms with E-state index in [1.54, 1.807) is 0 Å². The number of anilines is 1. The van der Waals surface area contributed by atoms with Gasteiger partial charge in [0.05, 0.1) is 0 Å². The largest absolute Gasteiger partial charge is 0.353 e. The van der Waals surface area contributed by atoms with E-state index in [1.807, 2.05) is 6.20 Å². The van der Waals surface area contributed by atoms with Gasteiger partial charge >= 0.3 is 0 Å². The molecule has 20 heavy (non-hydrogen) atoms. The zero-order valence-electron chi connectivity index (χ0n) is 13.6. The van der Waals surface area contributed by atoms with E-state index in [0.29, 0.717) is 23.8 Å². The van der Waals surface area contributed by atoms with E-state index in [4.69, 9.17) is 0 Å². The molecule has 0 aromatic carbocycles. The third-order valence-electron chi connectivity index (χ3n) is 4.77. The Balaban J connectivity index is 2.00. The Morgan fingerprint density at radius 1 is 1.15 bits per heavy atom. The van der Waals surface area contributed by atoms with Crippen LogP contribution in [0.1, 0.15) is 59.8 Å². The highest BCUT2D eigenvalue weighted by atomic mass is 15.2. The van der Waals surface area contributed by atoms with Gasteiger partial charge in [-0.05, 0) is 30.6 Å². The SMILES string of the molecule is CC(C)C(Cn1ccnc1NC1CCCCC1)C(C)C. The molecule has 1 aliphatic rings. The van der Waals surface area contributed by atoms with Crippen LogP contribution in [0.4, 0.5) is 5.95 Å². The van der Waals surface area contributed by atoms with Crippen molar-refractivity contribution in [3.05, 3.63) is 12.4 Å². The van der Waals surface area contributed by atoms with Crippen molar-refractivity contribution in [3.63, 3.8) is 0 Å². The van der Waals surface area contributed by atoms with E-state index in [-0.39, 0.29) is 0 Å². The number of aromatic nitrogens is 2. The molecular formula is C17H31N3. The molecule has 3 heteroatoms. The minimum absolute atomic E-state index is 0.626. The number of nitrogens with one attached hydrogen (secondary N) is 1. The summed E-state index contributed by atoms with van der Waals surface area (Å²) in [5.41, 5.74) is 0. The summed E-state index contributed by atoms with van der Waals surface area (Å²) in [5, 5.41) is 3.66. The fraction of sp³-hybridized carbons (Fsp3) is 0.824. The van der Waals surface area contributed by atoms with Gasteiger partial charge in [-0.2, -0.15) is 0 Å². The molecule has 1 heterocycles. The van der Waals surface area contributed by atoms with Crippen molar-refractivity contribution < 1.29 is 0 Å². The summed E-state index contributed by atoms with van der Waals surface area (Å²) in [5.74, 6) is 3.19. The first-order valence-corrected chi connectivity index (χ1v) is 8.35. The molecular weight excluding hydrogens is 246 g/mol. The molecule has 2 rings (SSSR count). The quantitative estimate of drug-likeness (QED) is 0.826. The molecule has 0 saturated heterocycles. The fourth-order valence-corrected chi connectivity index (χ4v) is 3.44. The van der Waals surface area contributed by atoms with Gasteiger partial charge in [-0.15, -0.1) is 0 Å². The summed E-state index contributed by atoms with van der Waals surface area (Å²) in [4.78, 5) is 4.53. The minimum atomic E-state index is 0.626. The zero-order valence-corrected chi connectivity index (χ0v) is 13.6. The summed E-state index contributed by atoms with van der Waals surface area (Å²) in [6.07, 6.45) is 10.8. The van der Waals surface area contributed by atoms with Gasteiger partial charge in [0.25, 0.3) is 0 Å². The second-order valence-electron chi connectivity index (χ2n) is 7.03. The van der Waals surface area contributed by atoms with Gasteiger partial charge in [0.15, 0.2) is 0 Å². The Kier molecular flexibility index (Phi) is 5.50. The van der Waals surface area contributed by atoms with Crippen molar-refractivity contribution in [2.75, 3.05) is 5.32 Å². The maximum atomic E-state index is 4.53. The molecule has 1 N–H and O–H groups in total. The highest BCUT2D eigenvalue weighted by Gasteiger charge is 2.20. The molecule has 0 atom stereocenters. The Hall–Kier alpha value is -0.990. The van der Waals surface area contributed by atoms with Gasteiger partial charge in [0, 0.05) is 25.0 Å². The van der Waals surface area contributed by atoms with E-state index in [2.05, 4.69) is 48.8 Å². The predicted molar refractivity (Wildman–Crippen MR) is 85.9 cm³/mol. The summed E-state index contributed by atoms with van der Waals surface area (Å²) in [6.45, 7) is 10.4. The van der Waals surface area contributed by atoms with Crippen LogP contribution in [0.2, 0.25) is 0 Å². The van der Waals surface area contributed by atoms with Crippen LogP contribution in [-0.4, -0.2) is 15.6 Å². The lowest BCUT2D eigenvalue weighted by Gasteiger charge is -2.28. The summed E-state index contributed by atoms with van der Waals surface area (Å²) >= 11 is 0. The lowest BCUT2D eigenvalue weighted by Crippen LogP contribution is -2.26. The topological polar surface area (TPSA) is 29.9 Å². The van der Waals surface area contributed by atoms with Crippen molar-refractivity contribution in [1.29, 1.82) is 0 Å². The number of imidazole rings is 1. The van der Waals surface area contributed by atoms with E-state index < -0.39 is 0 Å². The summed E-state index contributed by atoms with van der Waals surface area (Å²) < 4.78 is 2.32. The van der Waals surface area contributed by atoms with Gasteiger partial charge in [-0.3, -0.25) is 0 Å². The molecule has 3 nitrogen and oxygen atoms in total. The van der Waals surface area contributed by atoms with E-state index >= 15 is 0 Å². The zero-order chi connectivity index (χ0) is 14.5. The smallest absolute Gasteiger partial charge is 0.202 e. The normalized spacial score (nSPS) is 17.4. The average molecular weight is 277 g/mol. The monoisotopic (exact) mass is 277 g/mol. The van der Waals surface area contributed by atoms with Crippen LogP contribution < -0.4 is 5.32 Å². The van der Waals surface area contributed by atoms with Crippen molar-refractivity contribution in [2.24, 2.45) is 17.8 Å². The number of rotatable bonds is 6. The molecule has 0 spiro atoms. The van der Waals surface area contributed by atoms with Gasteiger partial charge in [-0.25, -0.2) is 4.98 Å². The van der Waals surface area contributed by atoms with Crippen molar-refractivity contribution in [2.45, 2.75) is 72.4 Å². The van der Waals surface area contributed by atoms with E-state index in [9.17, 15) is 0 Å². The average Bonchev–Trinajstić information content (AvgIpc) is 2.83. The number of nitrogens with zero attached hydrogens (tertiary/aromatic N) is 2. The third-order valence-corrected chi connectivity index (χ3v) is 4.77. The predicted octanol–water partition coefficient (Wildman–Crippen LogP) is 4.56. The van der Waals surface area contributed by atoms with Crippen LogP contribution in [-0.2, 0) is 6.54 Å². The standard InChI is InChI=1S/C17H31N3/c1-13(2)16(14(3)4)12-20-11-10-18-17(20)19-15-8-6-5-7-9-15/h10-11,13-16H,5-9,12H2,1-4H3,(H,18,19). The van der Waals surface area contributed by atoms with E-state index in [1.165, 1.54) is 32.1 Å². The van der Waals surface area contributed by atoms with Crippen molar-refractivity contribution in [1.82, 2.24) is 9.55 Å². The van der Waals surface area contributed by atoms with Crippen LogP contribution in [0, 0.1) is 17.8 Å². The fourth-order valence-electron chi connectivity index (χ4n) is 3.44. The molecule has 0 unspecified atom stereocenters. The highest BCUT2D eigenvalue weighted by Crippen LogP contribution is 2.25. The second kappa shape index (κ2) is 7.14. The summed E-state index contributed by atoms with van der Waals surface area (Å²) in [7, 11) is 0. The van der Waals surface area contributed by atoms with Gasteiger partial charge < -0.3 is 9.88 Å². The highest BCUT2D eigenvalue weighted by molar-refractivity contribution is 5.27. The van der Waals surface area contributed by atoms with Crippen molar-refractivity contribution in [3.8, 4) is 0 Å². The van der Waals surface area contributed by atoms with E-state index in [0.717, 1.165) is 12.5 Å². The Morgan fingerprint density at radius 2 is 1.80 bits per heavy atom. The molecule has 0 bridgehead atoms. The molecule has 1 fully saturated rings. The lowest BCUT2D eigenvalue weighted by atomic mass is 9.85. The Labute approximate surface area is 124 Å². The molecule has 1 aromatic rings. The van der Waals surface area contributed by atoms with Crippen LogP contribution in [0.5, 0.6) is 0 Å². The Morgan fingerprint density at radius 3 is 2.40 bits per heavy atom. The number of hydrogen-bond acceptors (Lipinski definition) is 2. The minimum Gasteiger partial charge on any atom is -0.353 e. The van der Waals surface area contributed by atoms with Crippen LogP contribution >= 0.6 is 0 Å². The Bertz CT molecular complexity index is 381. The molecule has 0 aliphatic heterocycles.